The molecule has 0 bridgehead atoms. The number of aliphatic hydroxyl groups is 1. The van der Waals surface area contributed by atoms with Crippen molar-refractivity contribution >= 4 is 27.5 Å². The average Bonchev–Trinajstić information content (AvgIpc) is 2.02. The Morgan fingerprint density at radius 1 is 1.54 bits per heavy atom. The third kappa shape index (κ3) is 3.67. The van der Waals surface area contributed by atoms with Crippen LogP contribution in [0.25, 0.3) is 0 Å². The summed E-state index contributed by atoms with van der Waals surface area (Å²) in [5, 5.41) is 9.87. The number of rotatable bonds is 3. The Hall–Kier alpha value is -0.0500. The van der Waals surface area contributed by atoms with Crippen LogP contribution in [0.3, 0.4) is 0 Å². The van der Waals surface area contributed by atoms with Crippen LogP contribution in [0.4, 0.5) is 0 Å². The number of hydrogen-bond donors (Lipinski definition) is 1. The summed E-state index contributed by atoms with van der Waals surface area (Å²) in [6, 6.07) is 5.82. The van der Waals surface area contributed by atoms with Gasteiger partial charge in [-0.05, 0) is 37.5 Å². The molecule has 1 atom stereocenters. The van der Waals surface area contributed by atoms with E-state index in [-0.39, 0.29) is 6.10 Å². The van der Waals surface area contributed by atoms with Gasteiger partial charge in [-0.15, -0.1) is 0 Å². The highest BCUT2D eigenvalue weighted by molar-refractivity contribution is 9.10. The van der Waals surface area contributed by atoms with Crippen LogP contribution < -0.4 is 0 Å². The Balaban J connectivity index is 2.67. The topological polar surface area (TPSA) is 20.2 Å². The minimum atomic E-state index is -0.264. The molecule has 0 spiro atoms. The number of benzene rings is 1. The maximum atomic E-state index is 9.11. The molecule has 0 saturated carbocycles. The molecule has 13 heavy (non-hydrogen) atoms. The van der Waals surface area contributed by atoms with Crippen molar-refractivity contribution in [3.8, 4) is 0 Å². The zero-order chi connectivity index (χ0) is 9.84. The van der Waals surface area contributed by atoms with E-state index < -0.39 is 0 Å². The highest BCUT2D eigenvalue weighted by Crippen LogP contribution is 2.22. The summed E-state index contributed by atoms with van der Waals surface area (Å²) < 4.78 is 0.985. The van der Waals surface area contributed by atoms with Crippen LogP contribution in [0, 0.1) is 0 Å². The monoisotopic (exact) mass is 262 g/mol. The van der Waals surface area contributed by atoms with E-state index in [1.54, 1.807) is 6.92 Å². The molecule has 1 aromatic carbocycles. The molecule has 0 aliphatic carbocycles. The lowest BCUT2D eigenvalue weighted by molar-refractivity contribution is 0.185. The van der Waals surface area contributed by atoms with E-state index in [4.69, 9.17) is 16.7 Å². The molecule has 0 aromatic heterocycles. The van der Waals surface area contributed by atoms with Gasteiger partial charge in [-0.2, -0.15) is 0 Å². The van der Waals surface area contributed by atoms with Crippen LogP contribution >= 0.6 is 27.5 Å². The first-order chi connectivity index (χ1) is 6.09. The van der Waals surface area contributed by atoms with Gasteiger partial charge in [-0.3, -0.25) is 0 Å². The number of aryl methyl sites for hydroxylation is 1. The molecular weight excluding hydrogens is 251 g/mol. The van der Waals surface area contributed by atoms with Gasteiger partial charge in [0.25, 0.3) is 0 Å². The molecule has 0 fully saturated rings. The Morgan fingerprint density at radius 2 is 2.23 bits per heavy atom. The maximum Gasteiger partial charge on any atom is 0.0515 e. The Labute approximate surface area is 91.9 Å². The first kappa shape index (κ1) is 11.0. The average molecular weight is 264 g/mol. The number of hydrogen-bond acceptors (Lipinski definition) is 1. The van der Waals surface area contributed by atoms with E-state index in [9.17, 15) is 0 Å². The molecular formula is C10H12BrClO. The second kappa shape index (κ2) is 4.99. The van der Waals surface area contributed by atoms with Gasteiger partial charge in [0, 0.05) is 9.50 Å². The van der Waals surface area contributed by atoms with E-state index in [2.05, 4.69) is 15.9 Å². The highest BCUT2D eigenvalue weighted by Gasteiger charge is 2.02. The summed E-state index contributed by atoms with van der Waals surface area (Å²) in [7, 11) is 0. The van der Waals surface area contributed by atoms with E-state index in [0.29, 0.717) is 0 Å². The summed E-state index contributed by atoms with van der Waals surface area (Å²) in [6.45, 7) is 1.78. The van der Waals surface area contributed by atoms with Crippen molar-refractivity contribution in [1.29, 1.82) is 0 Å². The standard InChI is InChI=1S/C10H12BrClO/c1-7(13)2-3-8-4-5-9(11)6-10(8)12/h4-7,13H,2-3H2,1H3. The molecule has 3 heteroatoms. The molecule has 1 nitrogen and oxygen atoms in total. The first-order valence-electron chi connectivity index (χ1n) is 4.21. The second-order valence-corrected chi connectivity index (χ2v) is 4.45. The van der Waals surface area contributed by atoms with Crippen molar-refractivity contribution in [2.24, 2.45) is 0 Å². The van der Waals surface area contributed by atoms with Crippen molar-refractivity contribution < 1.29 is 5.11 Å². The molecule has 0 saturated heterocycles. The quantitative estimate of drug-likeness (QED) is 0.886. The normalized spacial score (nSPS) is 12.9. The van der Waals surface area contributed by atoms with Crippen LogP contribution in [0.15, 0.2) is 22.7 Å². The highest BCUT2D eigenvalue weighted by atomic mass is 79.9. The summed E-state index contributed by atoms with van der Waals surface area (Å²) in [4.78, 5) is 0. The van der Waals surface area contributed by atoms with Gasteiger partial charge < -0.3 is 5.11 Å². The van der Waals surface area contributed by atoms with Gasteiger partial charge in [-0.25, -0.2) is 0 Å². The summed E-state index contributed by atoms with van der Waals surface area (Å²) in [6.07, 6.45) is 1.31. The van der Waals surface area contributed by atoms with Gasteiger partial charge in [0.15, 0.2) is 0 Å². The number of halogens is 2. The van der Waals surface area contributed by atoms with Crippen LogP contribution in [-0.2, 0) is 6.42 Å². The number of aliphatic hydroxyl groups excluding tert-OH is 1. The molecule has 1 unspecified atom stereocenters. The predicted molar refractivity (Wildman–Crippen MR) is 59.2 cm³/mol. The Kier molecular flexibility index (Phi) is 4.23. The fourth-order valence-corrected chi connectivity index (χ4v) is 1.86. The van der Waals surface area contributed by atoms with Crippen molar-refractivity contribution in [2.75, 3.05) is 0 Å². The van der Waals surface area contributed by atoms with Crippen LogP contribution in [0.2, 0.25) is 5.02 Å². The van der Waals surface area contributed by atoms with Crippen molar-refractivity contribution in [3.05, 3.63) is 33.3 Å². The van der Waals surface area contributed by atoms with Gasteiger partial charge in [-0.1, -0.05) is 33.6 Å². The zero-order valence-corrected chi connectivity index (χ0v) is 9.77. The third-order valence-electron chi connectivity index (χ3n) is 1.85. The Morgan fingerprint density at radius 3 is 2.77 bits per heavy atom. The van der Waals surface area contributed by atoms with Crippen molar-refractivity contribution in [2.45, 2.75) is 25.9 Å². The summed E-state index contributed by atoms with van der Waals surface area (Å²) in [5.74, 6) is 0. The van der Waals surface area contributed by atoms with Gasteiger partial charge in [0.2, 0.25) is 0 Å². The molecule has 0 heterocycles. The fraction of sp³-hybridized carbons (Fsp3) is 0.400. The minimum absolute atomic E-state index is 0.264. The third-order valence-corrected chi connectivity index (χ3v) is 2.69. The van der Waals surface area contributed by atoms with Crippen molar-refractivity contribution in [3.63, 3.8) is 0 Å². The van der Waals surface area contributed by atoms with Crippen molar-refractivity contribution in [1.82, 2.24) is 0 Å². The van der Waals surface area contributed by atoms with Gasteiger partial charge in [0.05, 0.1) is 6.10 Å². The van der Waals surface area contributed by atoms with Crippen LogP contribution in [-0.4, -0.2) is 11.2 Å². The van der Waals surface area contributed by atoms with E-state index in [1.807, 2.05) is 18.2 Å². The molecule has 0 aliphatic heterocycles. The molecule has 0 amide bonds. The Bertz CT molecular complexity index is 286. The van der Waals surface area contributed by atoms with E-state index >= 15 is 0 Å². The maximum absolute atomic E-state index is 9.11. The summed E-state index contributed by atoms with van der Waals surface area (Å²) in [5.41, 5.74) is 1.09. The van der Waals surface area contributed by atoms with Gasteiger partial charge >= 0.3 is 0 Å². The lowest BCUT2D eigenvalue weighted by atomic mass is 10.1. The molecule has 72 valence electrons. The molecule has 0 radical (unpaired) electrons. The molecule has 1 aromatic rings. The smallest absolute Gasteiger partial charge is 0.0515 e. The zero-order valence-electron chi connectivity index (χ0n) is 7.43. The van der Waals surface area contributed by atoms with Crippen LogP contribution in [0.5, 0.6) is 0 Å². The fourth-order valence-electron chi connectivity index (χ4n) is 1.09. The summed E-state index contributed by atoms with van der Waals surface area (Å²) >= 11 is 9.34. The second-order valence-electron chi connectivity index (χ2n) is 3.12. The largest absolute Gasteiger partial charge is 0.393 e. The SMILES string of the molecule is CC(O)CCc1ccc(Br)cc1Cl. The lowest BCUT2D eigenvalue weighted by Crippen LogP contribution is -2.01. The van der Waals surface area contributed by atoms with E-state index in [0.717, 1.165) is 27.9 Å². The van der Waals surface area contributed by atoms with Crippen LogP contribution in [0.1, 0.15) is 18.9 Å². The predicted octanol–water partition coefficient (Wildman–Crippen LogP) is 3.42. The molecule has 0 aliphatic rings. The lowest BCUT2D eigenvalue weighted by Gasteiger charge is -2.06. The molecule has 1 rings (SSSR count). The minimum Gasteiger partial charge on any atom is -0.393 e. The van der Waals surface area contributed by atoms with Gasteiger partial charge in [0.1, 0.15) is 0 Å². The first-order valence-corrected chi connectivity index (χ1v) is 5.38. The van der Waals surface area contributed by atoms with E-state index in [1.165, 1.54) is 0 Å². The molecule has 1 N–H and O–H groups in total.